The van der Waals surface area contributed by atoms with Gasteiger partial charge in [-0.05, 0) is 38.2 Å². The van der Waals surface area contributed by atoms with Crippen LogP contribution in [0.25, 0.3) is 0 Å². The summed E-state index contributed by atoms with van der Waals surface area (Å²) in [5.74, 6) is 3.04. The van der Waals surface area contributed by atoms with Crippen molar-refractivity contribution in [3.63, 3.8) is 0 Å². The first kappa shape index (κ1) is 24.6. The van der Waals surface area contributed by atoms with E-state index in [1.54, 1.807) is 0 Å². The van der Waals surface area contributed by atoms with Crippen LogP contribution in [0.4, 0.5) is 0 Å². The molecule has 0 bridgehead atoms. The first-order valence-electron chi connectivity index (χ1n) is 10.9. The van der Waals surface area contributed by atoms with Gasteiger partial charge in [0.25, 0.3) is 0 Å². The molecule has 1 aliphatic heterocycles. The first-order valence-corrected chi connectivity index (χ1v) is 10.9. The zero-order valence-electron chi connectivity index (χ0n) is 17.9. The molecule has 1 unspecified atom stereocenters. The zero-order chi connectivity index (χ0) is 20.3. The second-order valence-electron chi connectivity index (χ2n) is 7.50. The average molecular weight is 526 g/mol. The minimum atomic E-state index is -0.463. The monoisotopic (exact) mass is 526 g/mol. The number of hydrogen-bond acceptors (Lipinski definition) is 4. The highest BCUT2D eigenvalue weighted by molar-refractivity contribution is 14.0. The maximum absolute atomic E-state index is 10.3. The van der Waals surface area contributed by atoms with Crippen LogP contribution in [0.15, 0.2) is 35.3 Å². The van der Waals surface area contributed by atoms with Gasteiger partial charge < -0.3 is 20.3 Å². The minimum Gasteiger partial charge on any atom is -0.388 e. The number of guanidine groups is 1. The predicted molar refractivity (Wildman–Crippen MR) is 131 cm³/mol. The number of aliphatic hydroxyl groups is 1. The number of aliphatic imine (C=N–C) groups is 1. The van der Waals surface area contributed by atoms with Crippen molar-refractivity contribution in [2.75, 3.05) is 19.6 Å². The van der Waals surface area contributed by atoms with E-state index in [1.807, 2.05) is 30.3 Å². The molecule has 3 N–H and O–H groups in total. The third-order valence-electron chi connectivity index (χ3n) is 5.25. The number of aliphatic hydroxyl groups excluding tert-OH is 1. The molecular weight excluding hydrogens is 491 g/mol. The van der Waals surface area contributed by atoms with Crippen LogP contribution >= 0.6 is 24.0 Å². The van der Waals surface area contributed by atoms with Crippen molar-refractivity contribution in [2.24, 2.45) is 4.99 Å². The third-order valence-corrected chi connectivity index (χ3v) is 5.25. The van der Waals surface area contributed by atoms with Gasteiger partial charge in [0, 0.05) is 39.0 Å². The van der Waals surface area contributed by atoms with Crippen LogP contribution in [0.2, 0.25) is 0 Å². The largest absolute Gasteiger partial charge is 0.388 e. The fourth-order valence-electron chi connectivity index (χ4n) is 3.67. The van der Waals surface area contributed by atoms with Crippen LogP contribution < -0.4 is 10.6 Å². The maximum atomic E-state index is 10.3. The van der Waals surface area contributed by atoms with E-state index in [0.717, 1.165) is 62.1 Å². The molecule has 2 heterocycles. The van der Waals surface area contributed by atoms with Crippen molar-refractivity contribution >= 4 is 29.9 Å². The number of benzene rings is 1. The molecule has 1 aromatic carbocycles. The molecule has 0 spiro atoms. The Bertz CT molecular complexity index is 764. The molecule has 1 atom stereocenters. The topological polar surface area (TPSA) is 87.4 Å². The molecule has 2 aromatic rings. The molecule has 1 aromatic heterocycles. The summed E-state index contributed by atoms with van der Waals surface area (Å²) < 4.78 is 2.31. The molecule has 3 rings (SSSR count). The van der Waals surface area contributed by atoms with Crippen molar-refractivity contribution in [1.82, 2.24) is 25.4 Å². The second kappa shape index (κ2) is 13.6. The molecule has 0 amide bonds. The third kappa shape index (κ3) is 7.54. The highest BCUT2D eigenvalue weighted by Crippen LogP contribution is 2.16. The molecule has 0 saturated carbocycles. The molecule has 7 nitrogen and oxygen atoms in total. The first-order chi connectivity index (χ1) is 14.3. The van der Waals surface area contributed by atoms with E-state index in [1.165, 1.54) is 19.3 Å². The standard InChI is InChI=1S/C22H34N6O.HI/c1-2-23-22(25-16-14-19(29)18-10-5-3-6-11-18)24-15-9-13-21-27-26-20-12-7-4-8-17-28(20)21;/h3,5-6,10-11,19,29H,2,4,7-9,12-17H2,1H3,(H2,23,24,25);1H. The van der Waals surface area contributed by atoms with Gasteiger partial charge in [-0.3, -0.25) is 4.99 Å². The van der Waals surface area contributed by atoms with Crippen molar-refractivity contribution in [3.8, 4) is 0 Å². The van der Waals surface area contributed by atoms with E-state index >= 15 is 0 Å². The Hall–Kier alpha value is -1.68. The Labute approximate surface area is 196 Å². The molecule has 1 aliphatic rings. The number of aryl methyl sites for hydroxylation is 2. The number of hydrogen-bond donors (Lipinski definition) is 3. The number of aromatic nitrogens is 3. The Morgan fingerprint density at radius 3 is 2.80 bits per heavy atom. The normalized spacial score (nSPS) is 14.9. The predicted octanol–water partition coefficient (Wildman–Crippen LogP) is 3.23. The van der Waals surface area contributed by atoms with Gasteiger partial charge in [-0.1, -0.05) is 36.8 Å². The SMILES string of the molecule is CCNC(=NCCCc1nnc2n1CCCCC2)NCCC(O)c1ccccc1.I. The van der Waals surface area contributed by atoms with Crippen molar-refractivity contribution < 1.29 is 5.11 Å². The van der Waals surface area contributed by atoms with E-state index in [0.29, 0.717) is 13.0 Å². The van der Waals surface area contributed by atoms with E-state index in [9.17, 15) is 5.11 Å². The molecule has 0 radical (unpaired) electrons. The van der Waals surface area contributed by atoms with Gasteiger partial charge in [0.2, 0.25) is 0 Å². The number of rotatable bonds is 9. The summed E-state index contributed by atoms with van der Waals surface area (Å²) in [6.45, 7) is 5.32. The fourth-order valence-corrected chi connectivity index (χ4v) is 3.67. The lowest BCUT2D eigenvalue weighted by Crippen LogP contribution is -2.38. The second-order valence-corrected chi connectivity index (χ2v) is 7.50. The quantitative estimate of drug-likeness (QED) is 0.202. The van der Waals surface area contributed by atoms with Crippen LogP contribution in [0.1, 0.15) is 62.3 Å². The summed E-state index contributed by atoms with van der Waals surface area (Å²) in [5.41, 5.74) is 0.948. The number of fused-ring (bicyclic) bond motifs is 1. The van der Waals surface area contributed by atoms with Gasteiger partial charge in [0.1, 0.15) is 11.6 Å². The maximum Gasteiger partial charge on any atom is 0.191 e. The molecule has 0 aliphatic carbocycles. The smallest absolute Gasteiger partial charge is 0.191 e. The van der Waals surface area contributed by atoms with Gasteiger partial charge in [0.05, 0.1) is 6.10 Å². The molecule has 8 heteroatoms. The number of nitrogens with zero attached hydrogens (tertiary/aromatic N) is 4. The van der Waals surface area contributed by atoms with E-state index in [-0.39, 0.29) is 24.0 Å². The highest BCUT2D eigenvalue weighted by Gasteiger charge is 2.14. The average Bonchev–Trinajstić information content (AvgIpc) is 2.97. The van der Waals surface area contributed by atoms with Crippen molar-refractivity contribution in [1.29, 1.82) is 0 Å². The van der Waals surface area contributed by atoms with Crippen LogP contribution in [-0.4, -0.2) is 45.5 Å². The van der Waals surface area contributed by atoms with E-state index in [4.69, 9.17) is 0 Å². The van der Waals surface area contributed by atoms with Gasteiger partial charge in [0.15, 0.2) is 5.96 Å². The van der Waals surface area contributed by atoms with Crippen LogP contribution in [0.3, 0.4) is 0 Å². The molecule has 0 saturated heterocycles. The van der Waals surface area contributed by atoms with Gasteiger partial charge in [-0.2, -0.15) is 0 Å². The lowest BCUT2D eigenvalue weighted by molar-refractivity contribution is 0.168. The lowest BCUT2D eigenvalue weighted by atomic mass is 10.1. The van der Waals surface area contributed by atoms with Crippen molar-refractivity contribution in [2.45, 2.75) is 64.5 Å². The highest BCUT2D eigenvalue weighted by atomic mass is 127. The number of halogens is 1. The summed E-state index contributed by atoms with van der Waals surface area (Å²) in [5, 5.41) is 25.6. The fraction of sp³-hybridized carbons (Fsp3) is 0.591. The Morgan fingerprint density at radius 2 is 2.00 bits per heavy atom. The summed E-state index contributed by atoms with van der Waals surface area (Å²) in [4.78, 5) is 4.67. The molecular formula is C22H35IN6O. The number of nitrogens with one attached hydrogen (secondary N) is 2. The minimum absolute atomic E-state index is 0. The lowest BCUT2D eigenvalue weighted by Gasteiger charge is -2.14. The molecule has 0 fully saturated rings. The molecule has 30 heavy (non-hydrogen) atoms. The summed E-state index contributed by atoms with van der Waals surface area (Å²) in [7, 11) is 0. The van der Waals surface area contributed by atoms with Crippen molar-refractivity contribution in [3.05, 3.63) is 47.5 Å². The van der Waals surface area contributed by atoms with Crippen LogP contribution in [0.5, 0.6) is 0 Å². The van der Waals surface area contributed by atoms with Gasteiger partial charge in [-0.15, -0.1) is 34.2 Å². The summed E-state index contributed by atoms with van der Waals surface area (Å²) >= 11 is 0. The van der Waals surface area contributed by atoms with E-state index < -0.39 is 6.10 Å². The zero-order valence-corrected chi connectivity index (χ0v) is 20.2. The summed E-state index contributed by atoms with van der Waals surface area (Å²) in [6, 6.07) is 9.77. The Kier molecular flexibility index (Phi) is 11.1. The van der Waals surface area contributed by atoms with Crippen LogP contribution in [-0.2, 0) is 19.4 Å². The van der Waals surface area contributed by atoms with Crippen LogP contribution in [0, 0.1) is 0 Å². The van der Waals surface area contributed by atoms with E-state index in [2.05, 4.69) is 37.3 Å². The Balaban J connectivity index is 0.00000320. The Morgan fingerprint density at radius 1 is 1.17 bits per heavy atom. The van der Waals surface area contributed by atoms with Gasteiger partial charge >= 0.3 is 0 Å². The summed E-state index contributed by atoms with van der Waals surface area (Å²) in [6.07, 6.45) is 6.80. The van der Waals surface area contributed by atoms with Gasteiger partial charge in [-0.25, -0.2) is 0 Å². The molecule has 166 valence electrons.